The molecule has 0 aliphatic rings. The molecule has 184 valence electrons. The highest BCUT2D eigenvalue weighted by Gasteiger charge is 2.25. The van der Waals surface area contributed by atoms with Crippen molar-refractivity contribution in [2.45, 2.75) is 33.3 Å². The Bertz CT molecular complexity index is 1380. The monoisotopic (exact) mass is 484 g/mol. The number of ether oxygens (including phenoxy) is 1. The molecular formula is C27H28N6O3. The van der Waals surface area contributed by atoms with E-state index in [0.29, 0.717) is 24.5 Å². The number of para-hydroxylation sites is 1. The number of aromatic amines is 1. The third-order valence-electron chi connectivity index (χ3n) is 5.40. The summed E-state index contributed by atoms with van der Waals surface area (Å²) in [7, 11) is 0. The largest absolute Gasteiger partial charge is 0.447 e. The average Bonchev–Trinajstić information content (AvgIpc) is 3.25. The van der Waals surface area contributed by atoms with Crippen LogP contribution in [0.4, 0.5) is 5.95 Å². The molecular weight excluding hydrogens is 456 g/mol. The van der Waals surface area contributed by atoms with Gasteiger partial charge >= 0.3 is 5.97 Å². The summed E-state index contributed by atoms with van der Waals surface area (Å²) < 4.78 is 5.33. The number of nitrogens with one attached hydrogen (secondary N) is 3. The van der Waals surface area contributed by atoms with Gasteiger partial charge in [-0.3, -0.25) is 25.2 Å². The number of aliphatic imine (C=N–C) groups is 1. The first-order valence-electron chi connectivity index (χ1n) is 11.6. The van der Waals surface area contributed by atoms with Crippen LogP contribution in [-0.4, -0.2) is 39.3 Å². The lowest BCUT2D eigenvalue weighted by Gasteiger charge is -2.18. The zero-order valence-electron chi connectivity index (χ0n) is 20.4. The van der Waals surface area contributed by atoms with E-state index < -0.39 is 18.0 Å². The predicted molar refractivity (Wildman–Crippen MR) is 139 cm³/mol. The maximum atomic E-state index is 13.2. The van der Waals surface area contributed by atoms with Crippen molar-refractivity contribution >= 4 is 34.7 Å². The fourth-order valence-corrected chi connectivity index (χ4v) is 3.87. The second-order valence-electron chi connectivity index (χ2n) is 8.33. The van der Waals surface area contributed by atoms with E-state index >= 15 is 0 Å². The molecule has 0 aliphatic carbocycles. The molecule has 2 aromatic heterocycles. The van der Waals surface area contributed by atoms with Gasteiger partial charge in [-0.1, -0.05) is 48.5 Å². The number of fused-ring (bicyclic) bond motifs is 1. The quantitative estimate of drug-likeness (QED) is 0.207. The van der Waals surface area contributed by atoms with Crippen LogP contribution in [0.1, 0.15) is 35.5 Å². The number of benzene rings is 2. The van der Waals surface area contributed by atoms with Crippen LogP contribution in [0, 0.1) is 13.8 Å². The number of aryl methyl sites for hydroxylation is 2. The summed E-state index contributed by atoms with van der Waals surface area (Å²) >= 11 is 0. The van der Waals surface area contributed by atoms with E-state index in [1.54, 1.807) is 24.3 Å². The molecule has 36 heavy (non-hydrogen) atoms. The minimum absolute atomic E-state index is 0.165. The molecule has 0 radical (unpaired) electrons. The van der Waals surface area contributed by atoms with Gasteiger partial charge in [-0.25, -0.2) is 9.97 Å². The summed E-state index contributed by atoms with van der Waals surface area (Å²) in [5.41, 5.74) is 4.27. The summed E-state index contributed by atoms with van der Waals surface area (Å²) in [4.78, 5) is 41.6. The lowest BCUT2D eigenvalue weighted by atomic mass is 10.1. The summed E-state index contributed by atoms with van der Waals surface area (Å²) in [5.74, 6) is -0.637. The van der Waals surface area contributed by atoms with E-state index in [9.17, 15) is 9.59 Å². The minimum Gasteiger partial charge on any atom is -0.447 e. The van der Waals surface area contributed by atoms with Crippen LogP contribution in [0.2, 0.25) is 0 Å². The van der Waals surface area contributed by atoms with Gasteiger partial charge in [-0.2, -0.15) is 0 Å². The van der Waals surface area contributed by atoms with Crippen LogP contribution >= 0.6 is 0 Å². The van der Waals surface area contributed by atoms with Crippen LogP contribution in [0.15, 0.2) is 71.9 Å². The van der Waals surface area contributed by atoms with Gasteiger partial charge in [0.05, 0.1) is 0 Å². The van der Waals surface area contributed by atoms with E-state index in [2.05, 4.69) is 36.6 Å². The molecule has 0 saturated heterocycles. The molecule has 0 spiro atoms. The van der Waals surface area contributed by atoms with E-state index in [1.807, 2.05) is 50.4 Å². The molecule has 0 fully saturated rings. The molecule has 4 aromatic rings. The molecule has 1 atom stereocenters. The third-order valence-corrected chi connectivity index (χ3v) is 5.40. The molecule has 0 saturated carbocycles. The Kier molecular flexibility index (Phi) is 7.69. The van der Waals surface area contributed by atoms with Gasteiger partial charge in [0.2, 0.25) is 18.0 Å². The zero-order chi connectivity index (χ0) is 25.5. The van der Waals surface area contributed by atoms with Crippen LogP contribution in [0.3, 0.4) is 0 Å². The van der Waals surface area contributed by atoms with E-state index in [0.717, 1.165) is 27.9 Å². The second kappa shape index (κ2) is 11.3. The molecule has 2 heterocycles. The van der Waals surface area contributed by atoms with E-state index in [-0.39, 0.29) is 5.96 Å². The maximum Gasteiger partial charge on any atom is 0.303 e. The molecule has 4 rings (SSSR count). The molecule has 9 nitrogen and oxygen atoms in total. The predicted octanol–water partition coefficient (Wildman–Crippen LogP) is 4.01. The highest BCUT2D eigenvalue weighted by Crippen LogP contribution is 2.19. The lowest BCUT2D eigenvalue weighted by molar-refractivity contribution is -0.153. The van der Waals surface area contributed by atoms with Gasteiger partial charge in [-0.15, -0.1) is 0 Å². The van der Waals surface area contributed by atoms with Crippen molar-refractivity contribution in [1.29, 1.82) is 0 Å². The Balaban J connectivity index is 1.57. The fourth-order valence-electron chi connectivity index (χ4n) is 3.87. The van der Waals surface area contributed by atoms with Crippen molar-refractivity contribution in [3.63, 3.8) is 0 Å². The highest BCUT2D eigenvalue weighted by molar-refractivity contribution is 6.05. The normalized spacial score (nSPS) is 12.2. The topological polar surface area (TPSA) is 121 Å². The summed E-state index contributed by atoms with van der Waals surface area (Å²) in [6, 6.07) is 18.7. The van der Waals surface area contributed by atoms with Gasteiger partial charge in [0, 0.05) is 47.5 Å². The number of anilines is 1. The highest BCUT2D eigenvalue weighted by atomic mass is 16.5. The Morgan fingerprint density at radius 1 is 1.03 bits per heavy atom. The summed E-state index contributed by atoms with van der Waals surface area (Å²) in [6.07, 6.45) is 1.47. The number of guanidine groups is 1. The SMILES string of the molecule is CC(=O)O[C@H](C(=O)NC(=NCCc1c[nH]c2ccccc12)Nc1nc(C)cc(C)n1)c1ccccc1. The Hall–Kier alpha value is -4.53. The van der Waals surface area contributed by atoms with Crippen molar-refractivity contribution in [3.8, 4) is 0 Å². The smallest absolute Gasteiger partial charge is 0.303 e. The van der Waals surface area contributed by atoms with Crippen molar-refractivity contribution in [3.05, 3.63) is 89.4 Å². The Morgan fingerprint density at radius 2 is 1.72 bits per heavy atom. The molecule has 1 amide bonds. The molecule has 2 aromatic carbocycles. The number of esters is 1. The van der Waals surface area contributed by atoms with Crippen LogP contribution in [0.5, 0.6) is 0 Å². The second-order valence-corrected chi connectivity index (χ2v) is 8.33. The number of amides is 1. The number of hydrogen-bond acceptors (Lipinski definition) is 6. The van der Waals surface area contributed by atoms with Crippen LogP contribution in [-0.2, 0) is 20.7 Å². The number of hydrogen-bond donors (Lipinski definition) is 3. The summed E-state index contributed by atoms with van der Waals surface area (Å²) in [6.45, 7) is 5.37. The Morgan fingerprint density at radius 3 is 2.44 bits per heavy atom. The van der Waals surface area contributed by atoms with Crippen molar-refractivity contribution in [2.24, 2.45) is 4.99 Å². The van der Waals surface area contributed by atoms with Gasteiger partial charge in [0.15, 0.2) is 0 Å². The van der Waals surface area contributed by atoms with Gasteiger partial charge in [0.25, 0.3) is 5.91 Å². The number of carbonyl (C=O) groups excluding carboxylic acids is 2. The minimum atomic E-state index is -1.13. The van der Waals surface area contributed by atoms with Crippen molar-refractivity contribution in [1.82, 2.24) is 20.3 Å². The van der Waals surface area contributed by atoms with Crippen molar-refractivity contribution in [2.75, 3.05) is 11.9 Å². The number of nitrogens with zero attached hydrogens (tertiary/aromatic N) is 3. The molecule has 3 N–H and O–H groups in total. The Labute approximate surface area is 209 Å². The third kappa shape index (κ3) is 6.32. The molecule has 9 heteroatoms. The number of H-pyrrole nitrogens is 1. The van der Waals surface area contributed by atoms with Gasteiger partial charge < -0.3 is 9.72 Å². The zero-order valence-corrected chi connectivity index (χ0v) is 20.4. The van der Waals surface area contributed by atoms with Gasteiger partial charge in [0.1, 0.15) is 0 Å². The molecule has 0 bridgehead atoms. The standard InChI is InChI=1S/C27H28N6O3/c1-17-15-18(2)31-27(30-17)33-26(28-14-13-21-16-29-23-12-8-7-11-22(21)23)32-25(35)24(36-19(3)34)20-9-5-4-6-10-20/h4-12,15-16,24,29H,13-14H2,1-3H3,(H2,28,30,31,32,33,35)/t24-/m0/s1. The molecule has 0 unspecified atom stereocenters. The van der Waals surface area contributed by atoms with Crippen LogP contribution < -0.4 is 10.6 Å². The fraction of sp³-hybridized carbons (Fsp3) is 0.222. The first-order chi connectivity index (χ1) is 17.4. The molecule has 0 aliphatic heterocycles. The number of aromatic nitrogens is 3. The van der Waals surface area contributed by atoms with Crippen molar-refractivity contribution < 1.29 is 14.3 Å². The first-order valence-corrected chi connectivity index (χ1v) is 11.6. The maximum absolute atomic E-state index is 13.2. The van der Waals surface area contributed by atoms with Gasteiger partial charge in [-0.05, 0) is 38.0 Å². The number of carbonyl (C=O) groups is 2. The van der Waals surface area contributed by atoms with Crippen LogP contribution in [0.25, 0.3) is 10.9 Å². The first kappa shape index (κ1) is 24.6. The lowest BCUT2D eigenvalue weighted by Crippen LogP contribution is -2.40. The van der Waals surface area contributed by atoms with E-state index in [4.69, 9.17) is 4.74 Å². The average molecular weight is 485 g/mol. The number of rotatable bonds is 7. The summed E-state index contributed by atoms with van der Waals surface area (Å²) in [5, 5.41) is 6.90. The van der Waals surface area contributed by atoms with E-state index in [1.165, 1.54) is 6.92 Å².